The zero-order valence-corrected chi connectivity index (χ0v) is 12.9. The first-order valence-corrected chi connectivity index (χ1v) is 8.46. The first-order valence-electron chi connectivity index (χ1n) is 6.91. The van der Waals surface area contributed by atoms with Gasteiger partial charge in [0.15, 0.2) is 0 Å². The van der Waals surface area contributed by atoms with Crippen molar-refractivity contribution in [3.63, 3.8) is 0 Å². The van der Waals surface area contributed by atoms with E-state index in [4.69, 9.17) is 10.2 Å². The summed E-state index contributed by atoms with van der Waals surface area (Å²) in [6, 6.07) is 6.24. The standard InChI is InChI=1S/C14H22N2O4S/c1-2-11(3-8-14(17)18)9-10-16-12-4-6-13(7-5-12)21(15,19)20/h4-7,11,16H,2-3,8-10H2,1H3,(H,17,18)(H2,15,19,20). The van der Waals surface area contributed by atoms with Crippen LogP contribution in [0.4, 0.5) is 5.69 Å². The molecule has 1 atom stereocenters. The highest BCUT2D eigenvalue weighted by molar-refractivity contribution is 7.89. The summed E-state index contributed by atoms with van der Waals surface area (Å²) < 4.78 is 22.2. The van der Waals surface area contributed by atoms with E-state index >= 15 is 0 Å². The fourth-order valence-corrected chi connectivity index (χ4v) is 2.58. The largest absolute Gasteiger partial charge is 0.481 e. The molecule has 0 bridgehead atoms. The number of rotatable bonds is 9. The van der Waals surface area contributed by atoms with Crippen molar-refractivity contribution in [2.45, 2.75) is 37.5 Å². The van der Waals surface area contributed by atoms with E-state index in [1.807, 2.05) is 6.92 Å². The number of anilines is 1. The van der Waals surface area contributed by atoms with Gasteiger partial charge in [0.2, 0.25) is 10.0 Å². The molecule has 0 fully saturated rings. The summed E-state index contributed by atoms with van der Waals surface area (Å²) >= 11 is 0. The van der Waals surface area contributed by atoms with Crippen LogP contribution in [0.3, 0.4) is 0 Å². The van der Waals surface area contributed by atoms with Crippen LogP contribution in [0.25, 0.3) is 0 Å². The average molecular weight is 314 g/mol. The third-order valence-corrected chi connectivity index (χ3v) is 4.34. The van der Waals surface area contributed by atoms with Crippen LogP contribution in [0.1, 0.15) is 32.6 Å². The van der Waals surface area contributed by atoms with Crippen molar-refractivity contribution in [1.82, 2.24) is 0 Å². The third-order valence-electron chi connectivity index (χ3n) is 3.41. The van der Waals surface area contributed by atoms with Crippen molar-refractivity contribution in [3.05, 3.63) is 24.3 Å². The summed E-state index contributed by atoms with van der Waals surface area (Å²) in [5.74, 6) is -0.391. The number of carboxylic acid groups (broad SMARTS) is 1. The van der Waals surface area contributed by atoms with Gasteiger partial charge in [-0.2, -0.15) is 0 Å². The topological polar surface area (TPSA) is 109 Å². The second kappa shape index (κ2) is 7.99. The lowest BCUT2D eigenvalue weighted by molar-refractivity contribution is -0.137. The van der Waals surface area contributed by atoms with E-state index < -0.39 is 16.0 Å². The summed E-state index contributed by atoms with van der Waals surface area (Å²) in [6.45, 7) is 2.76. The highest BCUT2D eigenvalue weighted by atomic mass is 32.2. The molecule has 0 amide bonds. The van der Waals surface area contributed by atoms with Crippen LogP contribution in [-0.4, -0.2) is 26.0 Å². The zero-order chi connectivity index (χ0) is 15.9. The van der Waals surface area contributed by atoms with Gasteiger partial charge >= 0.3 is 5.97 Å². The van der Waals surface area contributed by atoms with Gasteiger partial charge in [0, 0.05) is 18.7 Å². The molecule has 0 spiro atoms. The summed E-state index contributed by atoms with van der Waals surface area (Å²) in [5.41, 5.74) is 0.815. The Hall–Kier alpha value is -1.60. The number of sulfonamides is 1. The Morgan fingerprint density at radius 1 is 1.29 bits per heavy atom. The average Bonchev–Trinajstić information content (AvgIpc) is 2.42. The van der Waals surface area contributed by atoms with Crippen molar-refractivity contribution in [2.75, 3.05) is 11.9 Å². The first-order chi connectivity index (χ1) is 9.82. The molecule has 0 aromatic heterocycles. The molecule has 1 rings (SSSR count). The fourth-order valence-electron chi connectivity index (χ4n) is 2.06. The van der Waals surface area contributed by atoms with Crippen LogP contribution in [0.15, 0.2) is 29.2 Å². The number of hydrogen-bond acceptors (Lipinski definition) is 4. The van der Waals surface area contributed by atoms with Crippen molar-refractivity contribution in [3.8, 4) is 0 Å². The van der Waals surface area contributed by atoms with Gasteiger partial charge in [-0.3, -0.25) is 4.79 Å². The van der Waals surface area contributed by atoms with Gasteiger partial charge in [0.1, 0.15) is 0 Å². The number of aliphatic carboxylic acids is 1. The van der Waals surface area contributed by atoms with Gasteiger partial charge in [-0.25, -0.2) is 13.6 Å². The van der Waals surface area contributed by atoms with Crippen LogP contribution in [0.5, 0.6) is 0 Å². The quantitative estimate of drug-likeness (QED) is 0.646. The summed E-state index contributed by atoms with van der Waals surface area (Å²) in [6.07, 6.45) is 2.69. The summed E-state index contributed by atoms with van der Waals surface area (Å²) in [7, 11) is -3.66. The van der Waals surface area contributed by atoms with Crippen LogP contribution in [0.2, 0.25) is 0 Å². The molecule has 4 N–H and O–H groups in total. The van der Waals surface area contributed by atoms with Crippen molar-refractivity contribution < 1.29 is 18.3 Å². The highest BCUT2D eigenvalue weighted by Gasteiger charge is 2.09. The molecule has 1 unspecified atom stereocenters. The van der Waals surface area contributed by atoms with Crippen LogP contribution < -0.4 is 10.5 Å². The van der Waals surface area contributed by atoms with Gasteiger partial charge in [-0.1, -0.05) is 13.3 Å². The Labute approximate surface area is 125 Å². The molecule has 0 aliphatic rings. The van der Waals surface area contributed by atoms with E-state index in [9.17, 15) is 13.2 Å². The maximum absolute atomic E-state index is 11.1. The number of nitrogens with one attached hydrogen (secondary N) is 1. The van der Waals surface area contributed by atoms with Crippen molar-refractivity contribution in [1.29, 1.82) is 0 Å². The molecule has 21 heavy (non-hydrogen) atoms. The van der Waals surface area contributed by atoms with Gasteiger partial charge < -0.3 is 10.4 Å². The Morgan fingerprint density at radius 3 is 2.38 bits per heavy atom. The minimum absolute atomic E-state index is 0.0842. The van der Waals surface area contributed by atoms with Gasteiger partial charge in [-0.15, -0.1) is 0 Å². The molecule has 0 aliphatic heterocycles. The van der Waals surface area contributed by atoms with Crippen LogP contribution in [-0.2, 0) is 14.8 Å². The SMILES string of the molecule is CCC(CCNc1ccc(S(N)(=O)=O)cc1)CCC(=O)O. The Kier molecular flexibility index (Phi) is 6.64. The molecule has 0 saturated carbocycles. The maximum atomic E-state index is 11.1. The smallest absolute Gasteiger partial charge is 0.303 e. The van der Waals surface area contributed by atoms with E-state index in [2.05, 4.69) is 5.32 Å². The molecule has 0 radical (unpaired) electrons. The maximum Gasteiger partial charge on any atom is 0.303 e. The van der Waals surface area contributed by atoms with Crippen molar-refractivity contribution >= 4 is 21.7 Å². The number of primary sulfonamides is 1. The summed E-state index contributed by atoms with van der Waals surface area (Å²) in [4.78, 5) is 10.6. The Balaban J connectivity index is 2.43. The van der Waals surface area contributed by atoms with Crippen LogP contribution >= 0.6 is 0 Å². The molecule has 0 aliphatic carbocycles. The van der Waals surface area contributed by atoms with Crippen LogP contribution in [0, 0.1) is 5.92 Å². The Morgan fingerprint density at radius 2 is 1.90 bits per heavy atom. The predicted molar refractivity (Wildman–Crippen MR) is 81.6 cm³/mol. The van der Waals surface area contributed by atoms with Crippen molar-refractivity contribution in [2.24, 2.45) is 11.1 Å². The molecule has 1 aromatic carbocycles. The van der Waals surface area contributed by atoms with Gasteiger partial charge in [0.05, 0.1) is 4.90 Å². The zero-order valence-electron chi connectivity index (χ0n) is 12.1. The number of hydrogen-bond donors (Lipinski definition) is 3. The van der Waals surface area contributed by atoms with E-state index in [0.29, 0.717) is 18.9 Å². The van der Waals surface area contributed by atoms with E-state index in [1.54, 1.807) is 12.1 Å². The van der Waals surface area contributed by atoms with Gasteiger partial charge in [-0.05, 0) is 43.0 Å². The lowest BCUT2D eigenvalue weighted by Crippen LogP contribution is -2.12. The number of benzene rings is 1. The lowest BCUT2D eigenvalue weighted by atomic mass is 9.96. The van der Waals surface area contributed by atoms with Gasteiger partial charge in [0.25, 0.3) is 0 Å². The monoisotopic (exact) mass is 314 g/mol. The molecule has 0 heterocycles. The second-order valence-electron chi connectivity index (χ2n) is 4.99. The Bertz CT molecular complexity index is 555. The third kappa shape index (κ3) is 6.59. The molecular weight excluding hydrogens is 292 g/mol. The second-order valence-corrected chi connectivity index (χ2v) is 6.55. The van der Waals surface area contributed by atoms with E-state index in [1.165, 1.54) is 12.1 Å². The number of carbonyl (C=O) groups is 1. The number of carboxylic acids is 1. The fraction of sp³-hybridized carbons (Fsp3) is 0.500. The molecule has 7 heteroatoms. The minimum atomic E-state index is -3.66. The molecule has 118 valence electrons. The first kappa shape index (κ1) is 17.5. The molecule has 6 nitrogen and oxygen atoms in total. The molecule has 0 saturated heterocycles. The summed E-state index contributed by atoms with van der Waals surface area (Å²) in [5, 5.41) is 16.9. The minimum Gasteiger partial charge on any atom is -0.481 e. The van der Waals surface area contributed by atoms with E-state index in [0.717, 1.165) is 18.5 Å². The molecule has 1 aromatic rings. The highest BCUT2D eigenvalue weighted by Crippen LogP contribution is 2.17. The normalized spacial score (nSPS) is 12.9. The lowest BCUT2D eigenvalue weighted by Gasteiger charge is -2.14. The molecular formula is C14H22N2O4S. The van der Waals surface area contributed by atoms with E-state index in [-0.39, 0.29) is 11.3 Å². The number of nitrogens with two attached hydrogens (primary N) is 1. The predicted octanol–water partition coefficient (Wildman–Crippen LogP) is 2.03.